The van der Waals surface area contributed by atoms with Gasteiger partial charge in [-0.2, -0.15) is 0 Å². The smallest absolute Gasteiger partial charge is 0.244 e. The Morgan fingerprint density at radius 3 is 2.62 bits per heavy atom. The number of amides is 1. The molecule has 2 aromatic carbocycles. The van der Waals surface area contributed by atoms with E-state index >= 15 is 0 Å². The van der Waals surface area contributed by atoms with E-state index in [0.29, 0.717) is 12.1 Å². The van der Waals surface area contributed by atoms with Crippen LogP contribution in [0.2, 0.25) is 0 Å². The van der Waals surface area contributed by atoms with Crippen molar-refractivity contribution in [2.45, 2.75) is 12.6 Å². The van der Waals surface area contributed by atoms with Crippen molar-refractivity contribution in [1.82, 2.24) is 14.8 Å². The van der Waals surface area contributed by atoms with Crippen molar-refractivity contribution in [3.8, 4) is 0 Å². The first kappa shape index (κ1) is 18.0. The van der Waals surface area contributed by atoms with Crippen LogP contribution in [0.25, 0.3) is 10.9 Å². The third kappa shape index (κ3) is 3.89. The van der Waals surface area contributed by atoms with Crippen LogP contribution in [0.4, 0.5) is 4.39 Å². The SMILES string of the molecule is CN(Cc1ccc2ncccc2c1)C(=O)C(c1cccc(F)c1)N(C)C. The Bertz CT molecular complexity index is 926. The number of rotatable bonds is 5. The van der Waals surface area contributed by atoms with Gasteiger partial charge in [-0.3, -0.25) is 14.7 Å². The van der Waals surface area contributed by atoms with Crippen LogP contribution in [-0.2, 0) is 11.3 Å². The van der Waals surface area contributed by atoms with E-state index in [2.05, 4.69) is 4.98 Å². The largest absolute Gasteiger partial charge is 0.340 e. The van der Waals surface area contributed by atoms with Crippen molar-refractivity contribution >= 4 is 16.8 Å². The van der Waals surface area contributed by atoms with Gasteiger partial charge in [-0.05, 0) is 55.6 Å². The molecule has 134 valence electrons. The molecular weight excluding hydrogens is 329 g/mol. The summed E-state index contributed by atoms with van der Waals surface area (Å²) in [6.07, 6.45) is 1.76. The zero-order valence-electron chi connectivity index (χ0n) is 15.2. The number of hydrogen-bond acceptors (Lipinski definition) is 3. The number of benzene rings is 2. The van der Waals surface area contributed by atoms with Gasteiger partial charge >= 0.3 is 0 Å². The summed E-state index contributed by atoms with van der Waals surface area (Å²) in [6.45, 7) is 0.476. The van der Waals surface area contributed by atoms with Gasteiger partial charge in [-0.15, -0.1) is 0 Å². The first-order valence-electron chi connectivity index (χ1n) is 8.46. The number of aromatic nitrogens is 1. The second-order valence-corrected chi connectivity index (χ2v) is 6.65. The first-order chi connectivity index (χ1) is 12.5. The molecule has 1 atom stereocenters. The van der Waals surface area contributed by atoms with E-state index in [1.165, 1.54) is 12.1 Å². The van der Waals surface area contributed by atoms with E-state index in [0.717, 1.165) is 16.5 Å². The third-order valence-electron chi connectivity index (χ3n) is 4.38. The molecule has 0 spiro atoms. The van der Waals surface area contributed by atoms with Crippen LogP contribution < -0.4 is 0 Å². The summed E-state index contributed by atoms with van der Waals surface area (Å²) < 4.78 is 13.6. The molecule has 4 nitrogen and oxygen atoms in total. The molecule has 0 saturated heterocycles. The number of carbonyl (C=O) groups excluding carboxylic acids is 1. The predicted molar refractivity (Wildman–Crippen MR) is 101 cm³/mol. The lowest BCUT2D eigenvalue weighted by atomic mass is 10.0. The maximum atomic E-state index is 13.6. The fourth-order valence-corrected chi connectivity index (χ4v) is 3.12. The highest BCUT2D eigenvalue weighted by Crippen LogP contribution is 2.23. The maximum Gasteiger partial charge on any atom is 0.244 e. The van der Waals surface area contributed by atoms with E-state index in [1.807, 2.05) is 44.4 Å². The van der Waals surface area contributed by atoms with Crippen LogP contribution in [0.15, 0.2) is 60.8 Å². The predicted octanol–water partition coefficient (Wildman–Crippen LogP) is 3.64. The molecule has 0 aliphatic carbocycles. The average molecular weight is 351 g/mol. The van der Waals surface area contributed by atoms with Crippen LogP contribution in [0, 0.1) is 5.82 Å². The van der Waals surface area contributed by atoms with Crippen LogP contribution >= 0.6 is 0 Å². The van der Waals surface area contributed by atoms with Crippen LogP contribution in [0.3, 0.4) is 0 Å². The molecule has 5 heteroatoms. The number of likely N-dealkylation sites (N-methyl/N-ethyl adjacent to an activating group) is 2. The minimum Gasteiger partial charge on any atom is -0.340 e. The molecule has 0 aliphatic rings. The van der Waals surface area contributed by atoms with E-state index < -0.39 is 6.04 Å². The van der Waals surface area contributed by atoms with Crippen molar-refractivity contribution in [3.63, 3.8) is 0 Å². The Hall–Kier alpha value is -2.79. The summed E-state index contributed by atoms with van der Waals surface area (Å²) in [5.41, 5.74) is 2.60. The van der Waals surface area contributed by atoms with E-state index in [9.17, 15) is 9.18 Å². The third-order valence-corrected chi connectivity index (χ3v) is 4.38. The van der Waals surface area contributed by atoms with Gasteiger partial charge in [0.15, 0.2) is 0 Å². The fourth-order valence-electron chi connectivity index (χ4n) is 3.12. The molecule has 3 rings (SSSR count). The number of halogens is 1. The number of nitrogens with zero attached hydrogens (tertiary/aromatic N) is 3. The minimum atomic E-state index is -0.530. The molecule has 1 heterocycles. The lowest BCUT2D eigenvalue weighted by Gasteiger charge is -2.28. The van der Waals surface area contributed by atoms with Crippen molar-refractivity contribution in [3.05, 3.63) is 77.7 Å². The number of fused-ring (bicyclic) bond motifs is 1. The van der Waals surface area contributed by atoms with Gasteiger partial charge < -0.3 is 4.90 Å². The van der Waals surface area contributed by atoms with E-state index in [-0.39, 0.29) is 11.7 Å². The van der Waals surface area contributed by atoms with Crippen molar-refractivity contribution in [2.75, 3.05) is 21.1 Å². The standard InChI is InChI=1S/C21H22FN3O/c1-24(2)20(17-6-4-8-18(22)13-17)21(26)25(3)14-15-9-10-19-16(12-15)7-5-11-23-19/h4-13,20H,14H2,1-3H3. The maximum absolute atomic E-state index is 13.6. The highest BCUT2D eigenvalue weighted by molar-refractivity contribution is 5.83. The van der Waals surface area contributed by atoms with Gasteiger partial charge in [-0.1, -0.05) is 24.3 Å². The molecule has 26 heavy (non-hydrogen) atoms. The first-order valence-corrected chi connectivity index (χ1v) is 8.46. The highest BCUT2D eigenvalue weighted by atomic mass is 19.1. The van der Waals surface area contributed by atoms with Gasteiger partial charge in [0.2, 0.25) is 5.91 Å². The number of hydrogen-bond donors (Lipinski definition) is 0. The van der Waals surface area contributed by atoms with E-state index in [4.69, 9.17) is 0 Å². The van der Waals surface area contributed by atoms with Crippen molar-refractivity contribution in [2.24, 2.45) is 0 Å². The van der Waals surface area contributed by atoms with Crippen molar-refractivity contribution in [1.29, 1.82) is 0 Å². The van der Waals surface area contributed by atoms with Crippen LogP contribution in [-0.4, -0.2) is 41.8 Å². The Labute approximate surface area is 152 Å². The molecule has 0 aliphatic heterocycles. The molecule has 1 aromatic heterocycles. The zero-order chi connectivity index (χ0) is 18.7. The number of pyridine rings is 1. The van der Waals surface area contributed by atoms with Crippen LogP contribution in [0.5, 0.6) is 0 Å². The number of carbonyl (C=O) groups is 1. The normalized spacial score (nSPS) is 12.3. The van der Waals surface area contributed by atoms with E-state index in [1.54, 1.807) is 35.2 Å². The summed E-state index contributed by atoms with van der Waals surface area (Å²) >= 11 is 0. The topological polar surface area (TPSA) is 36.4 Å². The monoisotopic (exact) mass is 351 g/mol. The quantitative estimate of drug-likeness (QED) is 0.704. The molecule has 0 bridgehead atoms. The summed E-state index contributed by atoms with van der Waals surface area (Å²) in [5, 5.41) is 1.04. The lowest BCUT2D eigenvalue weighted by Crippen LogP contribution is -2.38. The molecule has 0 saturated carbocycles. The second-order valence-electron chi connectivity index (χ2n) is 6.65. The van der Waals surface area contributed by atoms with Gasteiger partial charge in [0.1, 0.15) is 11.9 Å². The zero-order valence-corrected chi connectivity index (χ0v) is 15.2. The summed E-state index contributed by atoms with van der Waals surface area (Å²) in [7, 11) is 5.41. The molecule has 0 fully saturated rings. The van der Waals surface area contributed by atoms with Crippen LogP contribution in [0.1, 0.15) is 17.2 Å². The molecule has 0 radical (unpaired) electrons. The minimum absolute atomic E-state index is 0.0770. The summed E-state index contributed by atoms with van der Waals surface area (Å²) in [4.78, 5) is 20.8. The fraction of sp³-hybridized carbons (Fsp3) is 0.238. The Kier molecular flexibility index (Phi) is 5.28. The Morgan fingerprint density at radius 1 is 1.08 bits per heavy atom. The molecule has 0 N–H and O–H groups in total. The summed E-state index contributed by atoms with van der Waals surface area (Å²) in [5.74, 6) is -0.418. The molecule has 1 unspecified atom stereocenters. The Morgan fingerprint density at radius 2 is 1.88 bits per heavy atom. The average Bonchev–Trinajstić information content (AvgIpc) is 2.61. The second kappa shape index (κ2) is 7.62. The van der Waals surface area contributed by atoms with Gasteiger partial charge in [0.05, 0.1) is 5.52 Å². The molecule has 3 aromatic rings. The lowest BCUT2D eigenvalue weighted by molar-refractivity contribution is -0.135. The summed E-state index contributed by atoms with van der Waals surface area (Å²) in [6, 6.07) is 15.6. The molecule has 1 amide bonds. The van der Waals surface area contributed by atoms with Gasteiger partial charge in [0, 0.05) is 25.2 Å². The highest BCUT2D eigenvalue weighted by Gasteiger charge is 2.26. The van der Waals surface area contributed by atoms with Gasteiger partial charge in [-0.25, -0.2) is 4.39 Å². The molecular formula is C21H22FN3O. The van der Waals surface area contributed by atoms with Gasteiger partial charge in [0.25, 0.3) is 0 Å². The Balaban J connectivity index is 1.82. The van der Waals surface area contributed by atoms with Crippen molar-refractivity contribution < 1.29 is 9.18 Å².